The number of methoxy groups -OCH3 is 1. The van der Waals surface area contributed by atoms with Crippen LogP contribution in [0.1, 0.15) is 23.5 Å². The molecule has 2 atom stereocenters. The standard InChI is InChI=1S/C21H24F2N2O3/c1-27-8-7-24-20(26)12-25-19-11-16(19)17-9-15(22)10-18(23)21(17)28-13-14-5-3-2-4-6-14/h2-6,9-10,16,19,25H,7-8,11-13H2,1H3,(H,24,26). The summed E-state index contributed by atoms with van der Waals surface area (Å²) < 4.78 is 38.7. The summed E-state index contributed by atoms with van der Waals surface area (Å²) in [6, 6.07) is 11.5. The summed E-state index contributed by atoms with van der Waals surface area (Å²) in [4.78, 5) is 11.8. The zero-order valence-corrected chi connectivity index (χ0v) is 15.7. The van der Waals surface area contributed by atoms with E-state index in [1.54, 1.807) is 7.11 Å². The van der Waals surface area contributed by atoms with Gasteiger partial charge in [0.05, 0.1) is 13.2 Å². The minimum atomic E-state index is -0.714. The van der Waals surface area contributed by atoms with Crippen LogP contribution in [0.5, 0.6) is 5.75 Å². The van der Waals surface area contributed by atoms with Crippen LogP contribution in [0.2, 0.25) is 0 Å². The molecule has 2 aromatic carbocycles. The van der Waals surface area contributed by atoms with E-state index in [2.05, 4.69) is 10.6 Å². The van der Waals surface area contributed by atoms with Crippen LogP contribution in [0.4, 0.5) is 8.78 Å². The quantitative estimate of drug-likeness (QED) is 0.613. The Hall–Kier alpha value is -2.51. The van der Waals surface area contributed by atoms with E-state index < -0.39 is 11.6 Å². The van der Waals surface area contributed by atoms with Crippen LogP contribution in [0.15, 0.2) is 42.5 Å². The summed E-state index contributed by atoms with van der Waals surface area (Å²) >= 11 is 0. The Balaban J connectivity index is 1.60. The van der Waals surface area contributed by atoms with Gasteiger partial charge in [-0.05, 0) is 18.1 Å². The Morgan fingerprint density at radius 3 is 2.75 bits per heavy atom. The molecule has 1 fully saturated rings. The Morgan fingerprint density at radius 2 is 2.00 bits per heavy atom. The van der Waals surface area contributed by atoms with Gasteiger partial charge in [0, 0.05) is 37.2 Å². The second-order valence-electron chi connectivity index (χ2n) is 6.75. The van der Waals surface area contributed by atoms with Gasteiger partial charge in [0.25, 0.3) is 0 Å². The van der Waals surface area contributed by atoms with Gasteiger partial charge in [-0.15, -0.1) is 0 Å². The van der Waals surface area contributed by atoms with Gasteiger partial charge in [0.1, 0.15) is 12.4 Å². The minimum Gasteiger partial charge on any atom is -0.486 e. The maximum atomic E-state index is 14.4. The molecule has 2 unspecified atom stereocenters. The van der Waals surface area contributed by atoms with Crippen LogP contribution in [0, 0.1) is 11.6 Å². The highest BCUT2D eigenvalue weighted by atomic mass is 19.1. The summed E-state index contributed by atoms with van der Waals surface area (Å²) in [6.07, 6.45) is 0.690. The van der Waals surface area contributed by atoms with Crippen LogP contribution in [-0.2, 0) is 16.1 Å². The zero-order chi connectivity index (χ0) is 19.9. The number of carbonyl (C=O) groups excluding carboxylic acids is 1. The molecule has 2 aromatic rings. The molecule has 0 aliphatic heterocycles. The monoisotopic (exact) mass is 390 g/mol. The van der Waals surface area contributed by atoms with Crippen molar-refractivity contribution in [2.45, 2.75) is 25.0 Å². The Kier molecular flexibility index (Phi) is 6.95. The van der Waals surface area contributed by atoms with Gasteiger partial charge in [-0.3, -0.25) is 4.79 Å². The van der Waals surface area contributed by atoms with Gasteiger partial charge in [-0.25, -0.2) is 8.78 Å². The first kappa shape index (κ1) is 20.2. The fraction of sp³-hybridized carbons (Fsp3) is 0.381. The number of hydrogen-bond acceptors (Lipinski definition) is 4. The number of hydrogen-bond donors (Lipinski definition) is 2. The summed E-state index contributed by atoms with van der Waals surface area (Å²) in [5.41, 5.74) is 1.39. The fourth-order valence-corrected chi connectivity index (χ4v) is 3.08. The third-order valence-corrected chi connectivity index (χ3v) is 4.61. The molecule has 2 N–H and O–H groups in total. The van der Waals surface area contributed by atoms with Crippen LogP contribution in [0.25, 0.3) is 0 Å². The smallest absolute Gasteiger partial charge is 0.234 e. The van der Waals surface area contributed by atoms with Crippen molar-refractivity contribution < 1.29 is 23.0 Å². The van der Waals surface area contributed by atoms with Crippen LogP contribution < -0.4 is 15.4 Å². The Labute approximate surface area is 163 Å². The molecule has 0 aromatic heterocycles. The van der Waals surface area contributed by atoms with E-state index in [9.17, 15) is 13.6 Å². The zero-order valence-electron chi connectivity index (χ0n) is 15.7. The van der Waals surface area contributed by atoms with E-state index in [1.165, 1.54) is 6.07 Å². The van der Waals surface area contributed by atoms with Crippen molar-refractivity contribution >= 4 is 5.91 Å². The van der Waals surface area contributed by atoms with E-state index >= 15 is 0 Å². The molecule has 0 heterocycles. The SMILES string of the molecule is COCCNC(=O)CNC1CC1c1cc(F)cc(F)c1OCc1ccccc1. The third-order valence-electron chi connectivity index (χ3n) is 4.61. The lowest BCUT2D eigenvalue weighted by Gasteiger charge is -2.13. The largest absolute Gasteiger partial charge is 0.486 e. The van der Waals surface area contributed by atoms with E-state index in [1.807, 2.05) is 30.3 Å². The Morgan fingerprint density at radius 1 is 1.21 bits per heavy atom. The molecular formula is C21H24F2N2O3. The average Bonchev–Trinajstić information content (AvgIpc) is 3.46. The lowest BCUT2D eigenvalue weighted by atomic mass is 10.1. The molecule has 0 radical (unpaired) electrons. The van der Waals surface area contributed by atoms with Crippen LogP contribution in [-0.4, -0.2) is 38.8 Å². The average molecular weight is 390 g/mol. The lowest BCUT2D eigenvalue weighted by molar-refractivity contribution is -0.120. The predicted molar refractivity (Wildman–Crippen MR) is 101 cm³/mol. The molecule has 150 valence electrons. The molecule has 7 heteroatoms. The van der Waals surface area contributed by atoms with Crippen LogP contribution in [0.3, 0.4) is 0 Å². The van der Waals surface area contributed by atoms with E-state index in [-0.39, 0.29) is 36.8 Å². The number of benzene rings is 2. The second-order valence-corrected chi connectivity index (χ2v) is 6.75. The number of nitrogens with one attached hydrogen (secondary N) is 2. The molecule has 0 spiro atoms. The summed E-state index contributed by atoms with van der Waals surface area (Å²) in [6.45, 7) is 1.23. The molecule has 28 heavy (non-hydrogen) atoms. The molecule has 1 aliphatic rings. The van der Waals surface area contributed by atoms with Crippen molar-refractivity contribution in [3.8, 4) is 5.75 Å². The summed E-state index contributed by atoms with van der Waals surface area (Å²) in [7, 11) is 1.56. The van der Waals surface area contributed by atoms with E-state index in [4.69, 9.17) is 9.47 Å². The first-order valence-electron chi connectivity index (χ1n) is 9.23. The highest BCUT2D eigenvalue weighted by Crippen LogP contribution is 2.46. The van der Waals surface area contributed by atoms with Gasteiger partial charge in [0.15, 0.2) is 11.6 Å². The number of halogens is 2. The number of rotatable bonds is 10. The van der Waals surface area contributed by atoms with Gasteiger partial charge in [-0.2, -0.15) is 0 Å². The van der Waals surface area contributed by atoms with Crippen molar-refractivity contribution in [2.24, 2.45) is 0 Å². The summed E-state index contributed by atoms with van der Waals surface area (Å²) in [5.74, 6) is -1.52. The fourth-order valence-electron chi connectivity index (χ4n) is 3.08. The number of ether oxygens (including phenoxy) is 2. The van der Waals surface area contributed by atoms with Crippen molar-refractivity contribution in [3.63, 3.8) is 0 Å². The molecular weight excluding hydrogens is 366 g/mol. The second kappa shape index (κ2) is 9.61. The molecule has 0 bridgehead atoms. The third kappa shape index (κ3) is 5.50. The molecule has 0 saturated heterocycles. The molecule has 1 saturated carbocycles. The number of carbonyl (C=O) groups is 1. The topological polar surface area (TPSA) is 59.6 Å². The molecule has 5 nitrogen and oxygen atoms in total. The van der Waals surface area contributed by atoms with Crippen molar-refractivity contribution in [1.82, 2.24) is 10.6 Å². The Bertz CT molecular complexity index is 802. The summed E-state index contributed by atoms with van der Waals surface area (Å²) in [5, 5.41) is 5.84. The van der Waals surface area contributed by atoms with Crippen molar-refractivity contribution in [2.75, 3.05) is 26.8 Å². The maximum Gasteiger partial charge on any atom is 0.234 e. The van der Waals surface area contributed by atoms with E-state index in [0.717, 1.165) is 11.6 Å². The first-order chi connectivity index (χ1) is 13.6. The van der Waals surface area contributed by atoms with E-state index in [0.29, 0.717) is 25.1 Å². The highest BCUT2D eigenvalue weighted by molar-refractivity contribution is 5.78. The maximum absolute atomic E-state index is 14.4. The lowest BCUT2D eigenvalue weighted by Crippen LogP contribution is -2.36. The molecule has 1 aliphatic carbocycles. The van der Waals surface area contributed by atoms with Crippen molar-refractivity contribution in [1.29, 1.82) is 0 Å². The predicted octanol–water partition coefficient (Wildman–Crippen LogP) is 2.75. The molecule has 1 amide bonds. The van der Waals surface area contributed by atoms with Gasteiger partial charge < -0.3 is 20.1 Å². The highest BCUT2D eigenvalue weighted by Gasteiger charge is 2.41. The van der Waals surface area contributed by atoms with Crippen molar-refractivity contribution in [3.05, 3.63) is 65.2 Å². The van der Waals surface area contributed by atoms with Gasteiger partial charge in [0.2, 0.25) is 5.91 Å². The normalized spacial score (nSPS) is 18.0. The minimum absolute atomic E-state index is 0.0200. The van der Waals surface area contributed by atoms with Gasteiger partial charge in [-0.1, -0.05) is 30.3 Å². The first-order valence-corrected chi connectivity index (χ1v) is 9.23. The molecule has 3 rings (SSSR count). The number of amides is 1. The van der Waals surface area contributed by atoms with Gasteiger partial charge >= 0.3 is 0 Å². The van der Waals surface area contributed by atoms with Crippen LogP contribution >= 0.6 is 0 Å².